The molecule has 204 valence electrons. The SMILES string of the molecule is CCCNC(=O)CCCC(=O)Nc1ccc2c(c1)C(C)c1cc(NC(=O)CCCC(=O)NCCC)ccc1-2. The van der Waals surface area contributed by atoms with Gasteiger partial charge in [0.05, 0.1) is 0 Å². The molecule has 0 aromatic heterocycles. The number of nitrogens with one attached hydrogen (secondary N) is 4. The second-order valence-electron chi connectivity index (χ2n) is 9.83. The van der Waals surface area contributed by atoms with Gasteiger partial charge in [0.2, 0.25) is 23.6 Å². The third-order valence-corrected chi connectivity index (χ3v) is 6.65. The second-order valence-corrected chi connectivity index (χ2v) is 9.83. The van der Waals surface area contributed by atoms with E-state index in [1.165, 1.54) is 0 Å². The Labute approximate surface area is 225 Å². The van der Waals surface area contributed by atoms with Gasteiger partial charge < -0.3 is 21.3 Å². The van der Waals surface area contributed by atoms with Crippen LogP contribution < -0.4 is 21.3 Å². The largest absolute Gasteiger partial charge is 0.356 e. The third-order valence-electron chi connectivity index (χ3n) is 6.65. The Morgan fingerprint density at radius 2 is 1.03 bits per heavy atom. The molecule has 0 saturated heterocycles. The molecule has 1 aliphatic rings. The summed E-state index contributed by atoms with van der Waals surface area (Å²) < 4.78 is 0. The molecule has 0 heterocycles. The monoisotopic (exact) mass is 520 g/mol. The number of benzene rings is 2. The minimum atomic E-state index is -0.107. The molecule has 4 N–H and O–H groups in total. The van der Waals surface area contributed by atoms with Crippen LogP contribution in [0.15, 0.2) is 36.4 Å². The van der Waals surface area contributed by atoms with Crippen molar-refractivity contribution < 1.29 is 19.2 Å². The smallest absolute Gasteiger partial charge is 0.224 e. The van der Waals surface area contributed by atoms with Crippen molar-refractivity contribution in [2.24, 2.45) is 0 Å². The van der Waals surface area contributed by atoms with E-state index in [2.05, 4.69) is 28.2 Å². The van der Waals surface area contributed by atoms with Crippen LogP contribution in [-0.4, -0.2) is 36.7 Å². The molecule has 0 radical (unpaired) electrons. The summed E-state index contributed by atoms with van der Waals surface area (Å²) >= 11 is 0. The van der Waals surface area contributed by atoms with Gasteiger partial charge in [-0.05, 0) is 72.2 Å². The van der Waals surface area contributed by atoms with E-state index in [1.54, 1.807) is 0 Å². The van der Waals surface area contributed by atoms with Crippen molar-refractivity contribution in [3.63, 3.8) is 0 Å². The van der Waals surface area contributed by atoms with Gasteiger partial charge in [-0.2, -0.15) is 0 Å². The Balaban J connectivity index is 1.53. The summed E-state index contributed by atoms with van der Waals surface area (Å²) in [6.45, 7) is 7.44. The van der Waals surface area contributed by atoms with Crippen LogP contribution in [0.4, 0.5) is 11.4 Å². The van der Waals surface area contributed by atoms with E-state index in [0.717, 1.165) is 46.5 Å². The average molecular weight is 521 g/mol. The molecular formula is C30H40N4O4. The van der Waals surface area contributed by atoms with Crippen molar-refractivity contribution in [2.75, 3.05) is 23.7 Å². The van der Waals surface area contributed by atoms with Gasteiger partial charge in [0.15, 0.2) is 0 Å². The predicted octanol–water partition coefficient (Wildman–Crippen LogP) is 5.09. The lowest BCUT2D eigenvalue weighted by molar-refractivity contribution is -0.122. The van der Waals surface area contributed by atoms with Crippen LogP contribution >= 0.6 is 0 Å². The molecule has 4 amide bonds. The molecule has 3 rings (SSSR count). The summed E-state index contributed by atoms with van der Waals surface area (Å²) in [5.41, 5.74) is 5.96. The zero-order chi connectivity index (χ0) is 27.5. The van der Waals surface area contributed by atoms with Crippen LogP contribution in [0.3, 0.4) is 0 Å². The summed E-state index contributed by atoms with van der Waals surface area (Å²) in [4.78, 5) is 48.3. The summed E-state index contributed by atoms with van der Waals surface area (Å²) in [6.07, 6.45) is 4.07. The van der Waals surface area contributed by atoms with E-state index in [4.69, 9.17) is 0 Å². The first-order valence-electron chi connectivity index (χ1n) is 13.7. The Morgan fingerprint density at radius 3 is 1.42 bits per heavy atom. The highest BCUT2D eigenvalue weighted by atomic mass is 16.2. The van der Waals surface area contributed by atoms with Gasteiger partial charge in [-0.1, -0.05) is 32.9 Å². The van der Waals surface area contributed by atoms with Crippen molar-refractivity contribution in [1.29, 1.82) is 0 Å². The number of amides is 4. The van der Waals surface area contributed by atoms with Gasteiger partial charge >= 0.3 is 0 Å². The standard InChI is InChI=1S/C30H40N4O4/c1-4-16-31-27(35)8-6-10-29(37)33-21-12-14-23-24-15-13-22(19-26(24)20(3)25(23)18-21)34-30(38)11-7-9-28(36)32-17-5-2/h12-15,18-20H,4-11,16-17H2,1-3H3,(H,31,35)(H,32,36)(H,33,37)(H,34,38). The molecular weight excluding hydrogens is 480 g/mol. The molecule has 0 fully saturated rings. The predicted molar refractivity (Wildman–Crippen MR) is 151 cm³/mol. The highest BCUT2D eigenvalue weighted by molar-refractivity contribution is 5.94. The van der Waals surface area contributed by atoms with Crippen LogP contribution in [0, 0.1) is 0 Å². The summed E-state index contributed by atoms with van der Waals surface area (Å²) in [7, 11) is 0. The number of hydrogen-bond acceptors (Lipinski definition) is 4. The molecule has 8 nitrogen and oxygen atoms in total. The van der Waals surface area contributed by atoms with E-state index in [-0.39, 0.29) is 29.5 Å². The number of carbonyl (C=O) groups is 4. The van der Waals surface area contributed by atoms with Crippen LogP contribution in [0.25, 0.3) is 11.1 Å². The maximum Gasteiger partial charge on any atom is 0.224 e. The molecule has 8 heteroatoms. The van der Waals surface area contributed by atoms with Gasteiger partial charge in [-0.3, -0.25) is 19.2 Å². The fraction of sp³-hybridized carbons (Fsp3) is 0.467. The third kappa shape index (κ3) is 8.16. The fourth-order valence-corrected chi connectivity index (χ4v) is 4.63. The van der Waals surface area contributed by atoms with Gasteiger partial charge in [0.1, 0.15) is 0 Å². The summed E-state index contributed by atoms with van der Waals surface area (Å²) in [6, 6.07) is 11.9. The van der Waals surface area contributed by atoms with Crippen LogP contribution in [0.2, 0.25) is 0 Å². The number of fused-ring (bicyclic) bond motifs is 3. The number of anilines is 2. The van der Waals surface area contributed by atoms with Crippen LogP contribution in [0.1, 0.15) is 89.2 Å². The minimum Gasteiger partial charge on any atom is -0.356 e. The maximum atomic E-state index is 12.4. The molecule has 0 unspecified atom stereocenters. The molecule has 2 aromatic rings. The molecule has 0 aliphatic heterocycles. The lowest BCUT2D eigenvalue weighted by Crippen LogP contribution is -2.24. The van der Waals surface area contributed by atoms with Crippen molar-refractivity contribution >= 4 is 35.0 Å². The summed E-state index contributed by atoms with van der Waals surface area (Å²) in [5, 5.41) is 11.6. The number of carbonyl (C=O) groups excluding carboxylic acids is 4. The maximum absolute atomic E-state index is 12.4. The van der Waals surface area contributed by atoms with Crippen molar-refractivity contribution in [3.05, 3.63) is 47.5 Å². The molecule has 0 saturated carbocycles. The Kier molecular flexibility index (Phi) is 10.9. The van der Waals surface area contributed by atoms with E-state index < -0.39 is 0 Å². The first-order chi connectivity index (χ1) is 18.3. The zero-order valence-electron chi connectivity index (χ0n) is 22.7. The molecule has 38 heavy (non-hydrogen) atoms. The average Bonchev–Trinajstić information content (AvgIpc) is 3.16. The van der Waals surface area contributed by atoms with E-state index in [1.807, 2.05) is 50.2 Å². The molecule has 2 aromatic carbocycles. The highest BCUT2D eigenvalue weighted by Gasteiger charge is 2.26. The van der Waals surface area contributed by atoms with Gasteiger partial charge in [-0.25, -0.2) is 0 Å². The van der Waals surface area contributed by atoms with Gasteiger partial charge in [0.25, 0.3) is 0 Å². The Bertz CT molecular complexity index is 1070. The number of rotatable bonds is 14. The van der Waals surface area contributed by atoms with Gasteiger partial charge in [-0.15, -0.1) is 0 Å². The van der Waals surface area contributed by atoms with Crippen molar-refractivity contribution in [2.45, 2.75) is 78.1 Å². The first-order valence-corrected chi connectivity index (χ1v) is 13.7. The van der Waals surface area contributed by atoms with Crippen LogP contribution in [-0.2, 0) is 19.2 Å². The normalized spacial score (nSPS) is 11.9. The Morgan fingerprint density at radius 1 is 0.632 bits per heavy atom. The highest BCUT2D eigenvalue weighted by Crippen LogP contribution is 2.46. The molecule has 0 atom stereocenters. The second kappa shape index (κ2) is 14.3. The van der Waals surface area contributed by atoms with Crippen molar-refractivity contribution in [3.8, 4) is 11.1 Å². The van der Waals surface area contributed by atoms with E-state index >= 15 is 0 Å². The van der Waals surface area contributed by atoms with Crippen LogP contribution in [0.5, 0.6) is 0 Å². The summed E-state index contributed by atoms with van der Waals surface area (Å²) in [5.74, 6) is -0.144. The lowest BCUT2D eigenvalue weighted by Gasteiger charge is -2.11. The van der Waals surface area contributed by atoms with Gasteiger partial charge in [0, 0.05) is 56.1 Å². The molecule has 1 aliphatic carbocycles. The van der Waals surface area contributed by atoms with E-state index in [9.17, 15) is 19.2 Å². The lowest BCUT2D eigenvalue weighted by atomic mass is 9.98. The Hall–Kier alpha value is -3.68. The fourth-order valence-electron chi connectivity index (χ4n) is 4.63. The first kappa shape index (κ1) is 28.9. The quantitative estimate of drug-likeness (QED) is 0.278. The topological polar surface area (TPSA) is 116 Å². The zero-order valence-corrected chi connectivity index (χ0v) is 22.7. The van der Waals surface area contributed by atoms with E-state index in [0.29, 0.717) is 51.6 Å². The number of hydrogen-bond donors (Lipinski definition) is 4. The molecule has 0 bridgehead atoms. The van der Waals surface area contributed by atoms with Crippen molar-refractivity contribution in [1.82, 2.24) is 10.6 Å². The minimum absolute atomic E-state index is 0.0193. The molecule has 0 spiro atoms.